The molecule has 4 rings (SSSR count). The summed E-state index contributed by atoms with van der Waals surface area (Å²) in [7, 11) is 0. The third-order valence-electron chi connectivity index (χ3n) is 5.27. The molecule has 136 valence electrons. The summed E-state index contributed by atoms with van der Waals surface area (Å²) in [5, 5.41) is 4.56. The van der Waals surface area contributed by atoms with Crippen molar-refractivity contribution < 1.29 is 0 Å². The zero-order valence-corrected chi connectivity index (χ0v) is 15.7. The first-order valence-electron chi connectivity index (χ1n) is 9.57. The van der Waals surface area contributed by atoms with Crippen LogP contribution in [-0.2, 0) is 13.1 Å². The van der Waals surface area contributed by atoms with E-state index < -0.39 is 0 Å². The van der Waals surface area contributed by atoms with Gasteiger partial charge in [-0.1, -0.05) is 12.1 Å². The molecule has 3 aromatic rings. The smallest absolute Gasteiger partial charge is 0.113 e. The number of hydrogen-bond acceptors (Lipinski definition) is 3. The summed E-state index contributed by atoms with van der Waals surface area (Å²) >= 11 is 0. The summed E-state index contributed by atoms with van der Waals surface area (Å²) in [6.07, 6.45) is 10.7. The summed E-state index contributed by atoms with van der Waals surface area (Å²) < 4.78 is 4.26. The first-order valence-corrected chi connectivity index (χ1v) is 9.57. The lowest BCUT2D eigenvalue weighted by Crippen LogP contribution is -2.34. The fourth-order valence-corrected chi connectivity index (χ4v) is 3.97. The number of rotatable bonds is 5. The Morgan fingerprint density at radius 1 is 1.27 bits per heavy atom. The van der Waals surface area contributed by atoms with Crippen LogP contribution < -0.4 is 0 Å². The first kappa shape index (κ1) is 17.0. The largest absolute Gasteiger partial charge is 0.335 e. The number of benzene rings is 1. The average Bonchev–Trinajstić information content (AvgIpc) is 3.31. The van der Waals surface area contributed by atoms with Gasteiger partial charge in [-0.05, 0) is 50.9 Å². The molecule has 5 heteroatoms. The molecule has 1 fully saturated rings. The van der Waals surface area contributed by atoms with Gasteiger partial charge >= 0.3 is 0 Å². The molecule has 1 aromatic carbocycles. The van der Waals surface area contributed by atoms with E-state index in [1.165, 1.54) is 29.8 Å². The van der Waals surface area contributed by atoms with Crippen LogP contribution in [0.1, 0.15) is 42.6 Å². The third-order valence-corrected chi connectivity index (χ3v) is 5.27. The third kappa shape index (κ3) is 3.58. The van der Waals surface area contributed by atoms with Crippen molar-refractivity contribution >= 4 is 0 Å². The second-order valence-corrected chi connectivity index (χ2v) is 7.28. The summed E-state index contributed by atoms with van der Waals surface area (Å²) in [4.78, 5) is 7.17. The van der Waals surface area contributed by atoms with Gasteiger partial charge in [0.05, 0.1) is 11.9 Å². The summed E-state index contributed by atoms with van der Waals surface area (Å²) in [5.74, 6) is 1.78. The van der Waals surface area contributed by atoms with E-state index in [0.29, 0.717) is 5.92 Å². The molecule has 2 aromatic heterocycles. The minimum atomic E-state index is 0.533. The summed E-state index contributed by atoms with van der Waals surface area (Å²) in [5.41, 5.74) is 3.65. The van der Waals surface area contributed by atoms with Crippen molar-refractivity contribution in [2.75, 3.05) is 13.1 Å². The molecule has 1 unspecified atom stereocenters. The summed E-state index contributed by atoms with van der Waals surface area (Å²) in [6.45, 7) is 8.48. The Balaban J connectivity index is 1.44. The van der Waals surface area contributed by atoms with E-state index in [-0.39, 0.29) is 0 Å². The molecule has 3 heterocycles. The van der Waals surface area contributed by atoms with Gasteiger partial charge in [-0.2, -0.15) is 5.10 Å². The Morgan fingerprint density at radius 2 is 2.19 bits per heavy atom. The van der Waals surface area contributed by atoms with E-state index in [4.69, 9.17) is 0 Å². The topological polar surface area (TPSA) is 38.9 Å². The summed E-state index contributed by atoms with van der Waals surface area (Å²) in [6, 6.07) is 8.46. The predicted octanol–water partition coefficient (Wildman–Crippen LogP) is 3.78. The normalized spacial score (nSPS) is 18.3. The number of imidazole rings is 1. The van der Waals surface area contributed by atoms with Crippen LogP contribution in [0.25, 0.3) is 5.69 Å². The molecule has 0 bridgehead atoms. The van der Waals surface area contributed by atoms with Gasteiger partial charge in [-0.25, -0.2) is 9.67 Å². The van der Waals surface area contributed by atoms with Gasteiger partial charge in [-0.15, -0.1) is 0 Å². The molecular weight excluding hydrogens is 322 g/mol. The number of aryl methyl sites for hydroxylation is 2. The second kappa shape index (κ2) is 7.46. The van der Waals surface area contributed by atoms with Gasteiger partial charge in [0.15, 0.2) is 0 Å². The van der Waals surface area contributed by atoms with E-state index in [2.05, 4.69) is 70.1 Å². The monoisotopic (exact) mass is 349 g/mol. The Hall–Kier alpha value is -2.40. The van der Waals surface area contributed by atoms with Crippen molar-refractivity contribution in [2.24, 2.45) is 0 Å². The molecule has 0 saturated carbocycles. The number of aromatic nitrogens is 4. The van der Waals surface area contributed by atoms with Crippen LogP contribution in [0.3, 0.4) is 0 Å². The van der Waals surface area contributed by atoms with Crippen molar-refractivity contribution in [3.05, 3.63) is 66.0 Å². The zero-order valence-electron chi connectivity index (χ0n) is 15.7. The van der Waals surface area contributed by atoms with Crippen LogP contribution in [-0.4, -0.2) is 37.3 Å². The SMILES string of the molecule is CCn1ccnc1C1CCCN(Cc2cnn(-c3cccc(C)c3)c2)C1. The van der Waals surface area contributed by atoms with E-state index in [0.717, 1.165) is 31.9 Å². The average molecular weight is 349 g/mol. The maximum atomic E-state index is 4.62. The van der Waals surface area contributed by atoms with E-state index >= 15 is 0 Å². The maximum Gasteiger partial charge on any atom is 0.113 e. The lowest BCUT2D eigenvalue weighted by Gasteiger charge is -2.32. The minimum absolute atomic E-state index is 0.533. The van der Waals surface area contributed by atoms with Gasteiger partial charge in [0, 0.05) is 49.7 Å². The number of piperidine rings is 1. The van der Waals surface area contributed by atoms with Crippen molar-refractivity contribution in [1.82, 2.24) is 24.2 Å². The van der Waals surface area contributed by atoms with Crippen LogP contribution >= 0.6 is 0 Å². The molecule has 0 spiro atoms. The molecule has 0 aliphatic carbocycles. The highest BCUT2D eigenvalue weighted by atomic mass is 15.3. The van der Waals surface area contributed by atoms with Gasteiger partial charge in [0.2, 0.25) is 0 Å². The van der Waals surface area contributed by atoms with Crippen molar-refractivity contribution in [3.8, 4) is 5.69 Å². The van der Waals surface area contributed by atoms with Crippen LogP contribution in [0, 0.1) is 6.92 Å². The quantitative estimate of drug-likeness (QED) is 0.704. The first-order chi connectivity index (χ1) is 12.7. The van der Waals surface area contributed by atoms with Crippen molar-refractivity contribution in [3.63, 3.8) is 0 Å². The minimum Gasteiger partial charge on any atom is -0.335 e. The van der Waals surface area contributed by atoms with E-state index in [9.17, 15) is 0 Å². The highest BCUT2D eigenvalue weighted by molar-refractivity contribution is 5.35. The van der Waals surface area contributed by atoms with E-state index in [1.807, 2.05) is 17.1 Å². The molecule has 0 radical (unpaired) electrons. The predicted molar refractivity (Wildman–Crippen MR) is 103 cm³/mol. The number of hydrogen-bond donors (Lipinski definition) is 0. The zero-order chi connectivity index (χ0) is 17.9. The van der Waals surface area contributed by atoms with Crippen molar-refractivity contribution in [2.45, 2.75) is 45.7 Å². The van der Waals surface area contributed by atoms with Crippen LogP contribution in [0.15, 0.2) is 49.1 Å². The van der Waals surface area contributed by atoms with Crippen molar-refractivity contribution in [1.29, 1.82) is 0 Å². The fourth-order valence-electron chi connectivity index (χ4n) is 3.97. The van der Waals surface area contributed by atoms with Crippen LogP contribution in [0.2, 0.25) is 0 Å². The molecule has 1 aliphatic rings. The Bertz CT molecular complexity index is 863. The highest BCUT2D eigenvalue weighted by Gasteiger charge is 2.24. The number of likely N-dealkylation sites (tertiary alicyclic amines) is 1. The van der Waals surface area contributed by atoms with Gasteiger partial charge < -0.3 is 4.57 Å². The molecule has 1 aliphatic heterocycles. The van der Waals surface area contributed by atoms with Gasteiger partial charge in [0.25, 0.3) is 0 Å². The van der Waals surface area contributed by atoms with Gasteiger partial charge in [0.1, 0.15) is 5.82 Å². The second-order valence-electron chi connectivity index (χ2n) is 7.28. The molecule has 5 nitrogen and oxygen atoms in total. The van der Waals surface area contributed by atoms with Crippen LogP contribution in [0.5, 0.6) is 0 Å². The Kier molecular flexibility index (Phi) is 4.89. The maximum absolute atomic E-state index is 4.62. The molecular formula is C21H27N5. The van der Waals surface area contributed by atoms with Gasteiger partial charge in [-0.3, -0.25) is 4.90 Å². The highest BCUT2D eigenvalue weighted by Crippen LogP contribution is 2.27. The standard InChI is InChI=1S/C21H27N5/c1-3-25-11-9-22-21(25)19-7-5-10-24(16-19)14-18-13-23-26(15-18)20-8-4-6-17(2)12-20/h4,6,8-9,11-13,15,19H,3,5,7,10,14,16H2,1-2H3. The molecule has 0 amide bonds. The Morgan fingerprint density at radius 3 is 3.04 bits per heavy atom. The molecule has 0 N–H and O–H groups in total. The Labute approximate surface area is 155 Å². The molecule has 1 atom stereocenters. The van der Waals surface area contributed by atoms with Crippen LogP contribution in [0.4, 0.5) is 0 Å². The molecule has 26 heavy (non-hydrogen) atoms. The number of nitrogens with zero attached hydrogens (tertiary/aromatic N) is 5. The molecule has 1 saturated heterocycles. The lowest BCUT2D eigenvalue weighted by molar-refractivity contribution is 0.195. The lowest BCUT2D eigenvalue weighted by atomic mass is 9.97. The fraction of sp³-hybridized carbons (Fsp3) is 0.429. The van der Waals surface area contributed by atoms with E-state index in [1.54, 1.807) is 0 Å².